The van der Waals surface area contributed by atoms with Crippen LogP contribution in [0.4, 0.5) is 14.6 Å². The van der Waals surface area contributed by atoms with Crippen LogP contribution in [-0.2, 0) is 7.05 Å². The van der Waals surface area contributed by atoms with E-state index in [4.69, 9.17) is 0 Å². The van der Waals surface area contributed by atoms with Crippen LogP contribution in [0.3, 0.4) is 0 Å². The van der Waals surface area contributed by atoms with E-state index in [1.54, 1.807) is 30.1 Å². The van der Waals surface area contributed by atoms with Gasteiger partial charge in [-0.2, -0.15) is 5.10 Å². The molecule has 2 saturated carbocycles. The molecule has 7 nitrogen and oxygen atoms in total. The van der Waals surface area contributed by atoms with Gasteiger partial charge in [-0.25, -0.2) is 13.8 Å². The van der Waals surface area contributed by atoms with E-state index in [1.807, 2.05) is 19.3 Å². The van der Waals surface area contributed by atoms with E-state index in [9.17, 15) is 5.11 Å². The molecule has 0 spiro atoms. The smallest absolute Gasteiger partial charge is 0.270 e. The van der Waals surface area contributed by atoms with Crippen LogP contribution >= 0.6 is 0 Å². The standard InChI is InChI=1S/C23H26F2N6O/c1-30-13-16(11-27-30)15-6-7-18(19(32)10-15)22-26-12-21(28-29-22)31(2)20-9-14-4-3-5-17(8-14)23(20,24)25/h6-7,10-14,17,20,32H,3-5,8-9H2,1-2H3/t14-,17-,20+/m0/s1. The zero-order valence-corrected chi connectivity index (χ0v) is 18.1. The van der Waals surface area contributed by atoms with Crippen molar-refractivity contribution in [1.29, 1.82) is 0 Å². The topological polar surface area (TPSA) is 80.0 Å². The van der Waals surface area contributed by atoms with Gasteiger partial charge in [0, 0.05) is 31.8 Å². The summed E-state index contributed by atoms with van der Waals surface area (Å²) >= 11 is 0. The monoisotopic (exact) mass is 440 g/mol. The first-order valence-electron chi connectivity index (χ1n) is 11.0. The SMILES string of the molecule is CN(c1cnc(-c2ccc(-c3cnn(C)c3)cc2O)nn1)[C@@H]1C[C@H]2CCC[C@@H](C2)C1(F)F. The molecule has 1 aromatic carbocycles. The van der Waals surface area contributed by atoms with Crippen LogP contribution < -0.4 is 4.90 Å². The van der Waals surface area contributed by atoms with Crippen LogP contribution in [-0.4, -0.2) is 49.1 Å². The summed E-state index contributed by atoms with van der Waals surface area (Å²) in [6, 6.07) is 4.28. The molecule has 3 aromatic rings. The van der Waals surface area contributed by atoms with Crippen molar-refractivity contribution in [2.24, 2.45) is 18.9 Å². The van der Waals surface area contributed by atoms with Gasteiger partial charge in [0.2, 0.25) is 0 Å². The van der Waals surface area contributed by atoms with Crippen molar-refractivity contribution in [1.82, 2.24) is 25.0 Å². The number of nitrogens with zero attached hydrogens (tertiary/aromatic N) is 6. The number of fused-ring (bicyclic) bond motifs is 2. The zero-order chi connectivity index (χ0) is 22.5. The highest BCUT2D eigenvalue weighted by molar-refractivity contribution is 5.72. The van der Waals surface area contributed by atoms with Crippen LogP contribution in [0.15, 0.2) is 36.8 Å². The van der Waals surface area contributed by atoms with Crippen molar-refractivity contribution in [3.05, 3.63) is 36.8 Å². The summed E-state index contributed by atoms with van der Waals surface area (Å²) in [4.78, 5) is 5.84. The van der Waals surface area contributed by atoms with Gasteiger partial charge in [0.25, 0.3) is 5.92 Å². The van der Waals surface area contributed by atoms with Crippen molar-refractivity contribution >= 4 is 5.82 Å². The van der Waals surface area contributed by atoms with Crippen LogP contribution in [0.5, 0.6) is 5.75 Å². The Labute approximate surface area is 185 Å². The Kier molecular flexibility index (Phi) is 5.06. The molecular formula is C23H26F2N6O. The molecule has 32 heavy (non-hydrogen) atoms. The molecular weight excluding hydrogens is 414 g/mol. The quantitative estimate of drug-likeness (QED) is 0.652. The van der Waals surface area contributed by atoms with E-state index in [2.05, 4.69) is 20.3 Å². The van der Waals surface area contributed by atoms with Gasteiger partial charge in [0.1, 0.15) is 5.75 Å². The number of aryl methyl sites for hydroxylation is 1. The van der Waals surface area contributed by atoms with Gasteiger partial charge >= 0.3 is 0 Å². The molecule has 0 amide bonds. The van der Waals surface area contributed by atoms with Crippen LogP contribution in [0.25, 0.3) is 22.5 Å². The molecule has 2 bridgehead atoms. The van der Waals surface area contributed by atoms with Gasteiger partial charge in [0.05, 0.1) is 24.0 Å². The van der Waals surface area contributed by atoms with Gasteiger partial charge in [-0.15, -0.1) is 10.2 Å². The molecule has 2 aliphatic rings. The number of hydrogen-bond acceptors (Lipinski definition) is 6. The van der Waals surface area contributed by atoms with E-state index >= 15 is 8.78 Å². The molecule has 0 radical (unpaired) electrons. The molecule has 168 valence electrons. The summed E-state index contributed by atoms with van der Waals surface area (Å²) in [7, 11) is 3.47. The molecule has 9 heteroatoms. The average Bonchev–Trinajstić information content (AvgIpc) is 3.23. The summed E-state index contributed by atoms with van der Waals surface area (Å²) in [6.45, 7) is 0. The molecule has 2 aromatic heterocycles. The normalized spacial score (nSPS) is 24.3. The summed E-state index contributed by atoms with van der Waals surface area (Å²) < 4.78 is 31.9. The lowest BCUT2D eigenvalue weighted by atomic mass is 9.68. The fourth-order valence-electron chi connectivity index (χ4n) is 5.20. The molecule has 5 rings (SSSR count). The summed E-state index contributed by atoms with van der Waals surface area (Å²) in [5.41, 5.74) is 2.12. The number of hydrogen-bond donors (Lipinski definition) is 1. The van der Waals surface area contributed by atoms with Crippen molar-refractivity contribution in [3.8, 4) is 28.3 Å². The lowest BCUT2D eigenvalue weighted by Crippen LogP contribution is -2.56. The highest BCUT2D eigenvalue weighted by Crippen LogP contribution is 2.50. The maximum absolute atomic E-state index is 15.1. The van der Waals surface area contributed by atoms with E-state index < -0.39 is 17.9 Å². The Hall–Kier alpha value is -3.10. The lowest BCUT2D eigenvalue weighted by molar-refractivity contribution is -0.128. The van der Waals surface area contributed by atoms with Gasteiger partial charge in [-0.05, 0) is 42.9 Å². The van der Waals surface area contributed by atoms with Crippen LogP contribution in [0.1, 0.15) is 32.1 Å². The Balaban J connectivity index is 1.37. The first-order chi connectivity index (χ1) is 15.3. The number of aromatic hydroxyl groups is 1. The maximum Gasteiger partial charge on any atom is 0.270 e. The second-order valence-corrected chi connectivity index (χ2v) is 9.04. The Morgan fingerprint density at radius 1 is 1.12 bits per heavy atom. The second-order valence-electron chi connectivity index (χ2n) is 9.04. The van der Waals surface area contributed by atoms with Crippen molar-refractivity contribution in [2.75, 3.05) is 11.9 Å². The minimum atomic E-state index is -2.76. The van der Waals surface area contributed by atoms with Crippen molar-refractivity contribution < 1.29 is 13.9 Å². The first kappa shape index (κ1) is 20.8. The first-order valence-corrected chi connectivity index (χ1v) is 11.0. The Morgan fingerprint density at radius 2 is 1.97 bits per heavy atom. The number of alkyl halides is 2. The number of rotatable bonds is 4. The van der Waals surface area contributed by atoms with Crippen LogP contribution in [0, 0.1) is 11.8 Å². The number of phenols is 1. The summed E-state index contributed by atoms with van der Waals surface area (Å²) in [5, 5.41) is 22.9. The highest BCUT2D eigenvalue weighted by Gasteiger charge is 2.54. The molecule has 3 atom stereocenters. The second kappa shape index (κ2) is 7.79. The highest BCUT2D eigenvalue weighted by atomic mass is 19.3. The van der Waals surface area contributed by atoms with Gasteiger partial charge < -0.3 is 10.0 Å². The predicted molar refractivity (Wildman–Crippen MR) is 116 cm³/mol. The predicted octanol–water partition coefficient (Wildman–Crippen LogP) is 4.29. The van der Waals surface area contributed by atoms with E-state index in [0.717, 1.165) is 24.0 Å². The number of halogens is 2. The van der Waals surface area contributed by atoms with E-state index in [0.29, 0.717) is 36.6 Å². The average molecular weight is 440 g/mol. The third-order valence-corrected chi connectivity index (χ3v) is 6.98. The third kappa shape index (κ3) is 3.59. The zero-order valence-electron chi connectivity index (χ0n) is 18.1. The molecule has 2 fully saturated rings. The Bertz CT molecular complexity index is 1120. The summed E-state index contributed by atoms with van der Waals surface area (Å²) in [5.74, 6) is -2.41. The lowest BCUT2D eigenvalue weighted by Gasteiger charge is -2.48. The molecule has 0 saturated heterocycles. The molecule has 2 aliphatic carbocycles. The molecule has 0 aliphatic heterocycles. The fourth-order valence-corrected chi connectivity index (χ4v) is 5.20. The number of phenolic OH excluding ortho intramolecular Hbond substituents is 1. The summed E-state index contributed by atoms with van der Waals surface area (Å²) in [6.07, 6.45) is 8.60. The minimum Gasteiger partial charge on any atom is -0.507 e. The third-order valence-electron chi connectivity index (χ3n) is 6.98. The van der Waals surface area contributed by atoms with Gasteiger partial charge in [-0.1, -0.05) is 18.9 Å². The number of aromatic nitrogens is 5. The number of benzene rings is 1. The largest absolute Gasteiger partial charge is 0.507 e. The van der Waals surface area contributed by atoms with Gasteiger partial charge in [-0.3, -0.25) is 4.68 Å². The maximum atomic E-state index is 15.1. The van der Waals surface area contributed by atoms with Crippen LogP contribution in [0.2, 0.25) is 0 Å². The van der Waals surface area contributed by atoms with E-state index in [1.165, 1.54) is 11.1 Å². The van der Waals surface area contributed by atoms with E-state index in [-0.39, 0.29) is 11.6 Å². The molecule has 1 N–H and O–H groups in total. The van der Waals surface area contributed by atoms with Crippen molar-refractivity contribution in [2.45, 2.75) is 44.1 Å². The molecule has 0 unspecified atom stereocenters. The Morgan fingerprint density at radius 3 is 2.66 bits per heavy atom. The number of anilines is 1. The minimum absolute atomic E-state index is 0.0147. The van der Waals surface area contributed by atoms with Crippen molar-refractivity contribution in [3.63, 3.8) is 0 Å². The fraction of sp³-hybridized carbons (Fsp3) is 0.478. The van der Waals surface area contributed by atoms with Gasteiger partial charge in [0.15, 0.2) is 11.6 Å². The molecule has 2 heterocycles.